The van der Waals surface area contributed by atoms with Gasteiger partial charge in [0.1, 0.15) is 0 Å². The largest absolute Gasteiger partial charge is 0.347 e. The van der Waals surface area contributed by atoms with Gasteiger partial charge in [0.15, 0.2) is 0 Å². The fourth-order valence-corrected chi connectivity index (χ4v) is 4.41. The Morgan fingerprint density at radius 3 is 2.68 bits per heavy atom. The molecule has 3 aromatic rings. The first kappa shape index (κ1) is 16.3. The Balaban J connectivity index is 1.82. The molecule has 1 aliphatic rings. The lowest BCUT2D eigenvalue weighted by molar-refractivity contribution is 0.310. The molecule has 0 amide bonds. The molecule has 3 nitrogen and oxygen atoms in total. The van der Waals surface area contributed by atoms with Gasteiger partial charge in [-0.05, 0) is 61.2 Å². The Kier molecular flexibility index (Phi) is 4.12. The predicted octanol–water partition coefficient (Wildman–Crippen LogP) is 4.22. The van der Waals surface area contributed by atoms with Gasteiger partial charge < -0.3 is 9.47 Å². The Labute approximate surface area is 150 Å². The van der Waals surface area contributed by atoms with E-state index in [9.17, 15) is 0 Å². The van der Waals surface area contributed by atoms with Crippen LogP contribution in [0.5, 0.6) is 0 Å². The lowest BCUT2D eigenvalue weighted by Gasteiger charge is -2.23. The molecule has 1 atom stereocenters. The van der Waals surface area contributed by atoms with E-state index in [1.165, 1.54) is 38.9 Å². The van der Waals surface area contributed by atoms with Crippen LogP contribution in [0.25, 0.3) is 10.9 Å². The minimum atomic E-state index is 0.489. The zero-order chi connectivity index (χ0) is 17.6. The molecule has 1 aliphatic heterocycles. The van der Waals surface area contributed by atoms with E-state index in [0.717, 1.165) is 25.9 Å². The summed E-state index contributed by atoms with van der Waals surface area (Å²) in [6.45, 7) is 6.76. The van der Waals surface area contributed by atoms with Crippen LogP contribution in [0.1, 0.15) is 40.8 Å². The van der Waals surface area contributed by atoms with Gasteiger partial charge in [0.2, 0.25) is 0 Å². The summed E-state index contributed by atoms with van der Waals surface area (Å²) < 4.78 is 2.46. The van der Waals surface area contributed by atoms with E-state index in [4.69, 9.17) is 0 Å². The van der Waals surface area contributed by atoms with Crippen molar-refractivity contribution in [2.24, 2.45) is 7.05 Å². The number of likely N-dealkylation sites (N-methyl/N-ethyl adjacent to an activating group) is 1. The molecule has 25 heavy (non-hydrogen) atoms. The number of aromatic nitrogens is 2. The lowest BCUT2D eigenvalue weighted by Crippen LogP contribution is -2.26. The summed E-state index contributed by atoms with van der Waals surface area (Å²) in [5.41, 5.74) is 8.70. The van der Waals surface area contributed by atoms with Crippen LogP contribution in [0.15, 0.2) is 36.7 Å². The molecule has 0 aliphatic carbocycles. The maximum Gasteiger partial charge on any atom is 0.0516 e. The smallest absolute Gasteiger partial charge is 0.0516 e. The molecule has 0 saturated carbocycles. The Bertz CT molecular complexity index is 908. The molecule has 0 N–H and O–H groups in total. The number of fused-ring (bicyclic) bond motifs is 3. The summed E-state index contributed by atoms with van der Waals surface area (Å²) in [5.74, 6) is 0.489. The molecule has 3 heteroatoms. The molecule has 2 aromatic heterocycles. The molecule has 1 aromatic carbocycles. The third kappa shape index (κ3) is 2.87. The fourth-order valence-electron chi connectivity index (χ4n) is 4.41. The molecule has 1 unspecified atom stereocenters. The molecule has 0 fully saturated rings. The third-order valence-corrected chi connectivity index (χ3v) is 5.71. The summed E-state index contributed by atoms with van der Waals surface area (Å²) in [6.07, 6.45) is 6.01. The summed E-state index contributed by atoms with van der Waals surface area (Å²) >= 11 is 0. The van der Waals surface area contributed by atoms with Crippen LogP contribution in [0, 0.1) is 6.92 Å². The van der Waals surface area contributed by atoms with Crippen LogP contribution >= 0.6 is 0 Å². The minimum Gasteiger partial charge on any atom is -0.347 e. The highest BCUT2D eigenvalue weighted by atomic mass is 15.1. The molecule has 3 heterocycles. The van der Waals surface area contributed by atoms with Gasteiger partial charge in [-0.15, -0.1) is 0 Å². The average molecular weight is 333 g/mol. The van der Waals surface area contributed by atoms with Gasteiger partial charge in [-0.2, -0.15) is 0 Å². The summed E-state index contributed by atoms with van der Waals surface area (Å²) in [5, 5.41) is 1.46. The summed E-state index contributed by atoms with van der Waals surface area (Å²) in [4.78, 5) is 6.59. The number of aryl methyl sites for hydroxylation is 2. The normalized spacial score (nSPS) is 16.2. The van der Waals surface area contributed by atoms with Crippen LogP contribution in [0.4, 0.5) is 0 Å². The fraction of sp³-hybridized carbons (Fsp3) is 0.409. The topological polar surface area (TPSA) is 21.1 Å². The molecule has 4 rings (SSSR count). The number of benzene rings is 1. The summed E-state index contributed by atoms with van der Waals surface area (Å²) in [7, 11) is 4.48. The van der Waals surface area contributed by atoms with Crippen molar-refractivity contribution < 1.29 is 0 Å². The standard InChI is InChI=1S/C22H27N3/c1-15-11-18(13-16(2)17-5-8-23-9-6-17)22-19(12-15)20-14-24(3)10-7-21(20)25(22)4/h5-6,8-9,11-12,16H,7,10,13-14H2,1-4H3. The quantitative estimate of drug-likeness (QED) is 0.716. The highest BCUT2D eigenvalue weighted by Gasteiger charge is 2.23. The number of hydrogen-bond donors (Lipinski definition) is 0. The van der Waals surface area contributed by atoms with E-state index in [0.29, 0.717) is 5.92 Å². The van der Waals surface area contributed by atoms with Crippen LogP contribution in [0.3, 0.4) is 0 Å². The molecular weight excluding hydrogens is 306 g/mol. The first-order valence-electron chi connectivity index (χ1n) is 9.22. The van der Waals surface area contributed by atoms with E-state index >= 15 is 0 Å². The van der Waals surface area contributed by atoms with Crippen molar-refractivity contribution in [2.75, 3.05) is 13.6 Å². The van der Waals surface area contributed by atoms with Crippen molar-refractivity contribution in [3.8, 4) is 0 Å². The van der Waals surface area contributed by atoms with Crippen LogP contribution in [0.2, 0.25) is 0 Å². The van der Waals surface area contributed by atoms with Crippen molar-refractivity contribution in [3.05, 3.63) is 64.6 Å². The zero-order valence-electron chi connectivity index (χ0n) is 15.7. The van der Waals surface area contributed by atoms with Gasteiger partial charge in [0.05, 0.1) is 5.52 Å². The van der Waals surface area contributed by atoms with Gasteiger partial charge in [0.25, 0.3) is 0 Å². The lowest BCUT2D eigenvalue weighted by atomic mass is 9.92. The molecular formula is C22H27N3. The van der Waals surface area contributed by atoms with E-state index in [2.05, 4.69) is 66.7 Å². The Morgan fingerprint density at radius 2 is 1.92 bits per heavy atom. The zero-order valence-corrected chi connectivity index (χ0v) is 15.7. The van der Waals surface area contributed by atoms with Gasteiger partial charge in [-0.25, -0.2) is 0 Å². The van der Waals surface area contributed by atoms with E-state index in [1.807, 2.05) is 12.4 Å². The second-order valence-corrected chi connectivity index (χ2v) is 7.68. The predicted molar refractivity (Wildman–Crippen MR) is 104 cm³/mol. The maximum atomic E-state index is 4.16. The highest BCUT2D eigenvalue weighted by Crippen LogP contribution is 2.34. The van der Waals surface area contributed by atoms with E-state index < -0.39 is 0 Å². The van der Waals surface area contributed by atoms with Crippen LogP contribution in [-0.4, -0.2) is 28.0 Å². The van der Waals surface area contributed by atoms with Crippen molar-refractivity contribution in [3.63, 3.8) is 0 Å². The second kappa shape index (κ2) is 6.30. The van der Waals surface area contributed by atoms with Crippen molar-refractivity contribution in [1.29, 1.82) is 0 Å². The van der Waals surface area contributed by atoms with Gasteiger partial charge >= 0.3 is 0 Å². The SMILES string of the molecule is Cc1cc(CC(C)c2ccncc2)c2c(c1)c1c(n2C)CCN(C)C1. The molecule has 130 valence electrons. The van der Waals surface area contributed by atoms with Crippen LogP contribution in [-0.2, 0) is 26.4 Å². The van der Waals surface area contributed by atoms with Crippen LogP contribution < -0.4 is 0 Å². The number of rotatable bonds is 3. The van der Waals surface area contributed by atoms with Crippen molar-refractivity contribution >= 4 is 10.9 Å². The van der Waals surface area contributed by atoms with E-state index in [1.54, 1.807) is 0 Å². The van der Waals surface area contributed by atoms with Gasteiger partial charge in [0, 0.05) is 50.0 Å². The van der Waals surface area contributed by atoms with Gasteiger partial charge in [-0.1, -0.05) is 18.6 Å². The maximum absolute atomic E-state index is 4.16. The number of pyridine rings is 1. The third-order valence-electron chi connectivity index (χ3n) is 5.71. The van der Waals surface area contributed by atoms with Crippen molar-refractivity contribution in [1.82, 2.24) is 14.5 Å². The number of nitrogens with zero attached hydrogens (tertiary/aromatic N) is 3. The highest BCUT2D eigenvalue weighted by molar-refractivity contribution is 5.89. The molecule has 0 saturated heterocycles. The molecule has 0 spiro atoms. The Hall–Kier alpha value is -2.13. The molecule has 0 bridgehead atoms. The summed E-state index contributed by atoms with van der Waals surface area (Å²) in [6, 6.07) is 9.05. The minimum absolute atomic E-state index is 0.489. The molecule has 0 radical (unpaired) electrons. The first-order chi connectivity index (χ1) is 12.0. The average Bonchev–Trinajstić information content (AvgIpc) is 2.87. The first-order valence-corrected chi connectivity index (χ1v) is 9.22. The second-order valence-electron chi connectivity index (χ2n) is 7.68. The van der Waals surface area contributed by atoms with Crippen molar-refractivity contribution in [2.45, 2.75) is 39.2 Å². The monoisotopic (exact) mass is 333 g/mol. The van der Waals surface area contributed by atoms with E-state index in [-0.39, 0.29) is 0 Å². The Morgan fingerprint density at radius 1 is 1.16 bits per heavy atom. The number of hydrogen-bond acceptors (Lipinski definition) is 2. The van der Waals surface area contributed by atoms with Gasteiger partial charge in [-0.3, -0.25) is 4.98 Å².